The minimum atomic E-state index is -0.424. The molecule has 0 saturated carbocycles. The molecule has 0 atom stereocenters. The highest BCUT2D eigenvalue weighted by molar-refractivity contribution is 6.31. The van der Waals surface area contributed by atoms with Gasteiger partial charge in [-0.05, 0) is 55.0 Å². The standard InChI is InChI=1S/C25H23ClFN3O3/c1-14-19-9-16(20-11-17(26)6-8-22(20)32-3)10-21(27)24(19)25(30-29-14)28-13-15-5-7-18(31-2)12-23(15)33-4/h5-12H,13H2,1-4H3,(H,28,30). The number of methoxy groups -OCH3 is 3. The molecule has 4 aromatic rings. The number of fused-ring (bicyclic) bond motifs is 1. The summed E-state index contributed by atoms with van der Waals surface area (Å²) in [5.74, 6) is 1.86. The molecule has 0 amide bonds. The number of hydrogen-bond donors (Lipinski definition) is 1. The monoisotopic (exact) mass is 467 g/mol. The molecule has 6 nitrogen and oxygen atoms in total. The lowest BCUT2D eigenvalue weighted by Gasteiger charge is -2.15. The van der Waals surface area contributed by atoms with E-state index in [0.29, 0.717) is 62.2 Å². The Bertz CT molecular complexity index is 1330. The first kappa shape index (κ1) is 22.6. The fourth-order valence-electron chi connectivity index (χ4n) is 3.72. The Morgan fingerprint density at radius 1 is 0.909 bits per heavy atom. The number of aryl methyl sites for hydroxylation is 1. The van der Waals surface area contributed by atoms with Crippen LogP contribution in [0, 0.1) is 12.7 Å². The molecule has 0 unspecified atom stereocenters. The van der Waals surface area contributed by atoms with Crippen LogP contribution in [-0.2, 0) is 6.54 Å². The van der Waals surface area contributed by atoms with Crippen molar-refractivity contribution in [1.29, 1.82) is 0 Å². The van der Waals surface area contributed by atoms with Crippen LogP contribution in [0.1, 0.15) is 11.3 Å². The Hall–Kier alpha value is -3.58. The molecule has 33 heavy (non-hydrogen) atoms. The molecular formula is C25H23ClFN3O3. The predicted octanol–water partition coefficient (Wildman–Crippen LogP) is 6.04. The van der Waals surface area contributed by atoms with Gasteiger partial charge in [0.05, 0.1) is 32.4 Å². The van der Waals surface area contributed by atoms with Crippen molar-refractivity contribution in [2.45, 2.75) is 13.5 Å². The Kier molecular flexibility index (Phi) is 6.51. The van der Waals surface area contributed by atoms with Crippen molar-refractivity contribution < 1.29 is 18.6 Å². The molecule has 0 aliphatic carbocycles. The molecule has 3 aromatic carbocycles. The van der Waals surface area contributed by atoms with Crippen molar-refractivity contribution in [2.75, 3.05) is 26.6 Å². The van der Waals surface area contributed by atoms with Crippen LogP contribution in [0.2, 0.25) is 5.02 Å². The SMILES string of the molecule is COc1ccc(CNc2nnc(C)c3cc(-c4cc(Cl)ccc4OC)cc(F)c23)c(OC)c1. The number of hydrogen-bond acceptors (Lipinski definition) is 6. The molecule has 0 saturated heterocycles. The Morgan fingerprint density at radius 2 is 1.70 bits per heavy atom. The smallest absolute Gasteiger partial charge is 0.159 e. The average Bonchev–Trinajstić information content (AvgIpc) is 2.83. The lowest BCUT2D eigenvalue weighted by atomic mass is 9.99. The first-order chi connectivity index (χ1) is 15.9. The summed E-state index contributed by atoms with van der Waals surface area (Å²) in [6, 6.07) is 14.1. The topological polar surface area (TPSA) is 65.5 Å². The van der Waals surface area contributed by atoms with Gasteiger partial charge in [0, 0.05) is 34.1 Å². The number of benzene rings is 3. The maximum atomic E-state index is 15.5. The molecular weight excluding hydrogens is 445 g/mol. The van der Waals surface area contributed by atoms with Crippen LogP contribution >= 0.6 is 11.6 Å². The molecule has 1 aromatic heterocycles. The van der Waals surface area contributed by atoms with Crippen molar-refractivity contribution in [3.8, 4) is 28.4 Å². The van der Waals surface area contributed by atoms with E-state index in [0.717, 1.165) is 5.56 Å². The molecule has 0 aliphatic rings. The fraction of sp³-hybridized carbons (Fsp3) is 0.200. The number of ether oxygens (including phenoxy) is 3. The van der Waals surface area contributed by atoms with Crippen LogP contribution in [0.15, 0.2) is 48.5 Å². The molecule has 8 heteroatoms. The zero-order valence-corrected chi connectivity index (χ0v) is 19.5. The second-order valence-corrected chi connectivity index (χ2v) is 7.83. The maximum absolute atomic E-state index is 15.5. The van der Waals surface area contributed by atoms with Gasteiger partial charge in [0.15, 0.2) is 5.82 Å². The molecule has 0 bridgehead atoms. The van der Waals surface area contributed by atoms with Gasteiger partial charge in [0.2, 0.25) is 0 Å². The van der Waals surface area contributed by atoms with Crippen LogP contribution < -0.4 is 19.5 Å². The van der Waals surface area contributed by atoms with Crippen LogP contribution in [0.25, 0.3) is 21.9 Å². The second-order valence-electron chi connectivity index (χ2n) is 7.39. The van der Waals surface area contributed by atoms with Gasteiger partial charge in [0.1, 0.15) is 23.1 Å². The van der Waals surface area contributed by atoms with E-state index in [1.54, 1.807) is 52.5 Å². The highest BCUT2D eigenvalue weighted by atomic mass is 35.5. The fourth-order valence-corrected chi connectivity index (χ4v) is 3.90. The third kappa shape index (κ3) is 4.50. The molecule has 170 valence electrons. The summed E-state index contributed by atoms with van der Waals surface area (Å²) in [5, 5.41) is 13.2. The van der Waals surface area contributed by atoms with E-state index in [4.69, 9.17) is 25.8 Å². The van der Waals surface area contributed by atoms with E-state index in [-0.39, 0.29) is 0 Å². The van der Waals surface area contributed by atoms with Crippen LogP contribution in [0.5, 0.6) is 17.2 Å². The number of rotatable bonds is 7. The van der Waals surface area contributed by atoms with Gasteiger partial charge in [-0.15, -0.1) is 5.10 Å². The summed E-state index contributed by atoms with van der Waals surface area (Å²) in [4.78, 5) is 0. The molecule has 0 spiro atoms. The first-order valence-electron chi connectivity index (χ1n) is 10.2. The number of halogens is 2. The third-order valence-corrected chi connectivity index (χ3v) is 5.66. The van der Waals surface area contributed by atoms with E-state index in [9.17, 15) is 0 Å². The summed E-state index contributed by atoms with van der Waals surface area (Å²) in [5.41, 5.74) is 2.81. The van der Waals surface area contributed by atoms with Crippen molar-refractivity contribution >= 4 is 28.2 Å². The van der Waals surface area contributed by atoms with E-state index in [2.05, 4.69) is 15.5 Å². The lowest BCUT2D eigenvalue weighted by molar-refractivity contribution is 0.391. The first-order valence-corrected chi connectivity index (χ1v) is 10.6. The largest absolute Gasteiger partial charge is 0.497 e. The molecule has 0 fully saturated rings. The third-order valence-electron chi connectivity index (χ3n) is 5.43. The van der Waals surface area contributed by atoms with E-state index in [1.165, 1.54) is 6.07 Å². The summed E-state index contributed by atoms with van der Waals surface area (Å²) in [6.45, 7) is 2.16. The molecule has 1 heterocycles. The van der Waals surface area contributed by atoms with E-state index in [1.807, 2.05) is 18.2 Å². The maximum Gasteiger partial charge on any atom is 0.159 e. The second kappa shape index (κ2) is 9.50. The van der Waals surface area contributed by atoms with Gasteiger partial charge in [0.25, 0.3) is 0 Å². The van der Waals surface area contributed by atoms with Gasteiger partial charge < -0.3 is 19.5 Å². The molecule has 1 N–H and O–H groups in total. The van der Waals surface area contributed by atoms with Crippen LogP contribution in [0.3, 0.4) is 0 Å². The Labute approximate surface area is 196 Å². The van der Waals surface area contributed by atoms with Crippen molar-refractivity contribution in [3.63, 3.8) is 0 Å². The molecule has 0 aliphatic heterocycles. The highest BCUT2D eigenvalue weighted by Crippen LogP contribution is 2.37. The minimum Gasteiger partial charge on any atom is -0.497 e. The lowest BCUT2D eigenvalue weighted by Crippen LogP contribution is -2.06. The summed E-state index contributed by atoms with van der Waals surface area (Å²) in [6.07, 6.45) is 0. The number of nitrogens with one attached hydrogen (secondary N) is 1. The average molecular weight is 468 g/mol. The zero-order valence-electron chi connectivity index (χ0n) is 18.7. The summed E-state index contributed by atoms with van der Waals surface area (Å²) < 4.78 is 31.6. The highest BCUT2D eigenvalue weighted by Gasteiger charge is 2.17. The van der Waals surface area contributed by atoms with E-state index < -0.39 is 5.82 Å². The van der Waals surface area contributed by atoms with E-state index >= 15 is 4.39 Å². The van der Waals surface area contributed by atoms with Gasteiger partial charge >= 0.3 is 0 Å². The predicted molar refractivity (Wildman–Crippen MR) is 128 cm³/mol. The molecule has 0 radical (unpaired) electrons. The van der Waals surface area contributed by atoms with Crippen molar-refractivity contribution in [1.82, 2.24) is 10.2 Å². The normalized spacial score (nSPS) is 10.8. The zero-order chi connectivity index (χ0) is 23.5. The van der Waals surface area contributed by atoms with Gasteiger partial charge in [-0.1, -0.05) is 11.6 Å². The summed E-state index contributed by atoms with van der Waals surface area (Å²) >= 11 is 6.18. The summed E-state index contributed by atoms with van der Waals surface area (Å²) in [7, 11) is 4.75. The number of aromatic nitrogens is 2. The van der Waals surface area contributed by atoms with Crippen molar-refractivity contribution in [3.05, 3.63) is 70.6 Å². The number of anilines is 1. The van der Waals surface area contributed by atoms with Crippen LogP contribution in [-0.4, -0.2) is 31.5 Å². The van der Waals surface area contributed by atoms with Gasteiger partial charge in [-0.2, -0.15) is 5.10 Å². The number of nitrogens with zero attached hydrogens (tertiary/aromatic N) is 2. The Balaban J connectivity index is 1.75. The Morgan fingerprint density at radius 3 is 2.42 bits per heavy atom. The molecule has 4 rings (SSSR count). The van der Waals surface area contributed by atoms with Gasteiger partial charge in [-0.3, -0.25) is 0 Å². The minimum absolute atomic E-state index is 0.343. The quantitative estimate of drug-likeness (QED) is 0.357. The van der Waals surface area contributed by atoms with Gasteiger partial charge in [-0.25, -0.2) is 4.39 Å². The van der Waals surface area contributed by atoms with Crippen molar-refractivity contribution in [2.24, 2.45) is 0 Å². The van der Waals surface area contributed by atoms with Crippen LogP contribution in [0.4, 0.5) is 10.2 Å².